The van der Waals surface area contributed by atoms with Gasteiger partial charge in [0.2, 0.25) is 5.91 Å². The summed E-state index contributed by atoms with van der Waals surface area (Å²) < 4.78 is 0. The average molecular weight is 275 g/mol. The highest BCUT2D eigenvalue weighted by Crippen LogP contribution is 2.10. The van der Waals surface area contributed by atoms with Gasteiger partial charge in [0.05, 0.1) is 0 Å². The van der Waals surface area contributed by atoms with Crippen molar-refractivity contribution in [3.63, 3.8) is 0 Å². The highest BCUT2D eigenvalue weighted by atomic mass is 16.4. The van der Waals surface area contributed by atoms with Crippen LogP contribution in [0.5, 0.6) is 0 Å². The van der Waals surface area contributed by atoms with Crippen molar-refractivity contribution in [2.45, 2.75) is 26.8 Å². The van der Waals surface area contributed by atoms with E-state index in [2.05, 4.69) is 0 Å². The molecule has 0 spiro atoms. The minimum Gasteiger partial charge on any atom is -0.478 e. The molecular formula is C16H21NO3. The van der Waals surface area contributed by atoms with E-state index < -0.39 is 5.97 Å². The van der Waals surface area contributed by atoms with Gasteiger partial charge < -0.3 is 10.0 Å². The van der Waals surface area contributed by atoms with Gasteiger partial charge >= 0.3 is 5.97 Å². The Morgan fingerprint density at radius 3 is 2.35 bits per heavy atom. The quantitative estimate of drug-likeness (QED) is 0.812. The summed E-state index contributed by atoms with van der Waals surface area (Å²) >= 11 is 0. The maximum atomic E-state index is 11.9. The molecule has 0 unspecified atom stereocenters. The second-order valence-corrected chi connectivity index (χ2v) is 5.26. The van der Waals surface area contributed by atoms with Gasteiger partial charge in [-0.1, -0.05) is 38.1 Å². The Labute approximate surface area is 119 Å². The molecule has 0 atom stereocenters. The molecule has 0 aromatic heterocycles. The van der Waals surface area contributed by atoms with Gasteiger partial charge in [-0.3, -0.25) is 4.79 Å². The lowest BCUT2D eigenvalue weighted by Crippen LogP contribution is -2.27. The fourth-order valence-corrected chi connectivity index (χ4v) is 1.77. The number of rotatable bonds is 6. The smallest absolute Gasteiger partial charge is 0.328 e. The summed E-state index contributed by atoms with van der Waals surface area (Å²) in [6.45, 7) is 4.61. The Morgan fingerprint density at radius 1 is 1.25 bits per heavy atom. The molecule has 1 aromatic rings. The zero-order chi connectivity index (χ0) is 15.1. The van der Waals surface area contributed by atoms with Crippen molar-refractivity contribution >= 4 is 18.0 Å². The molecule has 1 N–H and O–H groups in total. The van der Waals surface area contributed by atoms with Gasteiger partial charge in [0, 0.05) is 26.1 Å². The maximum Gasteiger partial charge on any atom is 0.328 e. The molecule has 0 saturated heterocycles. The number of hydrogen-bond donors (Lipinski definition) is 1. The Bertz CT molecular complexity index is 489. The Hall–Kier alpha value is -2.10. The molecule has 1 rings (SSSR count). The standard InChI is InChI=1S/C16H21NO3/c1-12(2)10-15(18)17(3)11-14-6-4-13(5-7-14)8-9-16(19)20/h4-9,12H,10-11H2,1-3H3,(H,19,20). The first-order valence-corrected chi connectivity index (χ1v) is 6.62. The summed E-state index contributed by atoms with van der Waals surface area (Å²) in [6, 6.07) is 7.49. The molecule has 0 aliphatic heterocycles. The summed E-state index contributed by atoms with van der Waals surface area (Å²) in [5, 5.41) is 8.55. The van der Waals surface area contributed by atoms with Crippen molar-refractivity contribution < 1.29 is 14.7 Å². The second-order valence-electron chi connectivity index (χ2n) is 5.26. The van der Waals surface area contributed by atoms with Gasteiger partial charge in [-0.15, -0.1) is 0 Å². The number of carboxylic acids is 1. The highest BCUT2D eigenvalue weighted by molar-refractivity contribution is 5.85. The van der Waals surface area contributed by atoms with Crippen LogP contribution in [0.4, 0.5) is 0 Å². The molecule has 0 heterocycles. The van der Waals surface area contributed by atoms with Crippen LogP contribution >= 0.6 is 0 Å². The summed E-state index contributed by atoms with van der Waals surface area (Å²) in [7, 11) is 1.79. The van der Waals surface area contributed by atoms with Crippen LogP contribution in [-0.4, -0.2) is 28.9 Å². The predicted molar refractivity (Wildman–Crippen MR) is 79.0 cm³/mol. The van der Waals surface area contributed by atoms with E-state index in [9.17, 15) is 9.59 Å². The molecule has 0 radical (unpaired) electrons. The number of amides is 1. The predicted octanol–water partition coefficient (Wildman–Crippen LogP) is 2.79. The number of hydrogen-bond acceptors (Lipinski definition) is 2. The summed E-state index contributed by atoms with van der Waals surface area (Å²) in [4.78, 5) is 24.0. The fourth-order valence-electron chi connectivity index (χ4n) is 1.77. The topological polar surface area (TPSA) is 57.6 Å². The van der Waals surface area contributed by atoms with E-state index in [0.717, 1.165) is 17.2 Å². The number of aliphatic carboxylic acids is 1. The molecule has 0 fully saturated rings. The average Bonchev–Trinajstić information content (AvgIpc) is 2.37. The monoisotopic (exact) mass is 275 g/mol. The first-order valence-electron chi connectivity index (χ1n) is 6.62. The van der Waals surface area contributed by atoms with Gasteiger partial charge in [0.15, 0.2) is 0 Å². The SMILES string of the molecule is CC(C)CC(=O)N(C)Cc1ccc(C=CC(=O)O)cc1. The van der Waals surface area contributed by atoms with Crippen molar-refractivity contribution in [2.24, 2.45) is 5.92 Å². The molecule has 0 aliphatic carbocycles. The van der Waals surface area contributed by atoms with E-state index in [0.29, 0.717) is 18.9 Å². The third kappa shape index (κ3) is 5.69. The van der Waals surface area contributed by atoms with Gasteiger partial charge in [-0.2, -0.15) is 0 Å². The van der Waals surface area contributed by atoms with Crippen LogP contribution in [0.3, 0.4) is 0 Å². The maximum absolute atomic E-state index is 11.9. The molecule has 20 heavy (non-hydrogen) atoms. The molecule has 0 bridgehead atoms. The second kappa shape index (κ2) is 7.48. The van der Waals surface area contributed by atoms with Crippen molar-refractivity contribution in [3.05, 3.63) is 41.5 Å². The molecule has 4 nitrogen and oxygen atoms in total. The van der Waals surface area contributed by atoms with Crippen molar-refractivity contribution in [2.75, 3.05) is 7.05 Å². The minimum atomic E-state index is -0.965. The van der Waals surface area contributed by atoms with E-state index in [1.54, 1.807) is 18.0 Å². The lowest BCUT2D eigenvalue weighted by Gasteiger charge is -2.18. The van der Waals surface area contributed by atoms with Crippen molar-refractivity contribution in [3.8, 4) is 0 Å². The van der Waals surface area contributed by atoms with E-state index in [-0.39, 0.29) is 5.91 Å². The Balaban J connectivity index is 2.61. The molecule has 0 aliphatic rings. The number of benzene rings is 1. The zero-order valence-electron chi connectivity index (χ0n) is 12.2. The van der Waals surface area contributed by atoms with Crippen LogP contribution in [0.1, 0.15) is 31.4 Å². The van der Waals surface area contributed by atoms with Gasteiger partial charge in [0.1, 0.15) is 0 Å². The van der Waals surface area contributed by atoms with Crippen LogP contribution in [0, 0.1) is 5.92 Å². The van der Waals surface area contributed by atoms with Crippen molar-refractivity contribution in [1.82, 2.24) is 4.90 Å². The number of carbonyl (C=O) groups excluding carboxylic acids is 1. The molecule has 0 saturated carbocycles. The van der Waals surface area contributed by atoms with Crippen LogP contribution in [0.2, 0.25) is 0 Å². The molecule has 4 heteroatoms. The molecule has 1 amide bonds. The van der Waals surface area contributed by atoms with E-state index in [1.807, 2.05) is 38.1 Å². The number of nitrogens with zero attached hydrogens (tertiary/aromatic N) is 1. The fraction of sp³-hybridized carbons (Fsp3) is 0.375. The summed E-state index contributed by atoms with van der Waals surface area (Å²) in [5.74, 6) is -0.476. The Morgan fingerprint density at radius 2 is 1.85 bits per heavy atom. The first-order chi connectivity index (χ1) is 9.38. The van der Waals surface area contributed by atoms with Gasteiger partial charge in [-0.05, 0) is 23.1 Å². The summed E-state index contributed by atoms with van der Waals surface area (Å²) in [5.41, 5.74) is 1.85. The van der Waals surface area contributed by atoms with Crippen LogP contribution in [0.15, 0.2) is 30.3 Å². The largest absolute Gasteiger partial charge is 0.478 e. The number of carbonyl (C=O) groups is 2. The number of carboxylic acid groups (broad SMARTS) is 1. The van der Waals surface area contributed by atoms with Crippen LogP contribution in [-0.2, 0) is 16.1 Å². The van der Waals surface area contributed by atoms with E-state index in [1.165, 1.54) is 0 Å². The molecule has 1 aromatic carbocycles. The normalized spacial score (nSPS) is 11.0. The first kappa shape index (κ1) is 16.0. The summed E-state index contributed by atoms with van der Waals surface area (Å²) in [6.07, 6.45) is 3.20. The third-order valence-electron chi connectivity index (χ3n) is 2.83. The minimum absolute atomic E-state index is 0.134. The lowest BCUT2D eigenvalue weighted by atomic mass is 10.1. The van der Waals surface area contributed by atoms with Gasteiger partial charge in [-0.25, -0.2) is 4.79 Å². The highest BCUT2D eigenvalue weighted by Gasteiger charge is 2.10. The molecular weight excluding hydrogens is 254 g/mol. The lowest BCUT2D eigenvalue weighted by molar-refractivity contribution is -0.132. The molecule has 108 valence electrons. The van der Waals surface area contributed by atoms with Gasteiger partial charge in [0.25, 0.3) is 0 Å². The van der Waals surface area contributed by atoms with Crippen LogP contribution < -0.4 is 0 Å². The Kier molecular flexibility index (Phi) is 5.97. The van der Waals surface area contributed by atoms with Crippen molar-refractivity contribution in [1.29, 1.82) is 0 Å². The third-order valence-corrected chi connectivity index (χ3v) is 2.83. The van der Waals surface area contributed by atoms with E-state index >= 15 is 0 Å². The zero-order valence-corrected chi connectivity index (χ0v) is 12.2. The van der Waals surface area contributed by atoms with E-state index in [4.69, 9.17) is 5.11 Å². The van der Waals surface area contributed by atoms with Crippen LogP contribution in [0.25, 0.3) is 6.08 Å².